The maximum atomic E-state index is 5.47. The Hall–Kier alpha value is -0.650. The summed E-state index contributed by atoms with van der Waals surface area (Å²) in [5, 5.41) is 0.816. The second-order valence-electron chi connectivity index (χ2n) is 3.46. The van der Waals surface area contributed by atoms with E-state index in [1.165, 1.54) is 0 Å². The minimum absolute atomic E-state index is 0.109. The molecule has 1 aromatic rings. The molecule has 0 saturated carbocycles. The van der Waals surface area contributed by atoms with Crippen molar-refractivity contribution in [3.63, 3.8) is 0 Å². The summed E-state index contributed by atoms with van der Waals surface area (Å²) in [6.45, 7) is 7.27. The Morgan fingerprint density at radius 3 is 2.59 bits per heavy atom. The zero-order valence-electron chi connectivity index (χ0n) is 10.7. The van der Waals surface area contributed by atoms with Crippen LogP contribution in [0, 0.1) is 6.92 Å². The van der Waals surface area contributed by atoms with E-state index in [0.717, 1.165) is 23.0 Å². The van der Waals surface area contributed by atoms with E-state index in [1.54, 1.807) is 18.0 Å². The third kappa shape index (κ3) is 6.00. The van der Waals surface area contributed by atoms with Crippen molar-refractivity contribution in [3.8, 4) is 0 Å². The van der Waals surface area contributed by atoms with Crippen LogP contribution >= 0.6 is 11.8 Å². The summed E-state index contributed by atoms with van der Waals surface area (Å²) in [4.78, 5) is 8.53. The van der Waals surface area contributed by atoms with E-state index < -0.39 is 0 Å². The highest BCUT2D eigenvalue weighted by molar-refractivity contribution is 7.99. The van der Waals surface area contributed by atoms with Crippen molar-refractivity contribution in [2.24, 2.45) is 0 Å². The average molecular weight is 256 g/mol. The van der Waals surface area contributed by atoms with Gasteiger partial charge in [0, 0.05) is 37.3 Å². The lowest BCUT2D eigenvalue weighted by Gasteiger charge is -2.16. The fraction of sp³-hybridized carbons (Fsp3) is 0.667. The van der Waals surface area contributed by atoms with Crippen LogP contribution in [0.5, 0.6) is 0 Å². The first-order valence-corrected chi connectivity index (χ1v) is 6.90. The smallest absolute Gasteiger partial charge is 0.187 e. The monoisotopic (exact) mass is 256 g/mol. The number of hydrogen-bond donors (Lipinski definition) is 0. The Kier molecular flexibility index (Phi) is 7.16. The molecule has 0 unspecified atom stereocenters. The van der Waals surface area contributed by atoms with Gasteiger partial charge in [-0.3, -0.25) is 0 Å². The maximum Gasteiger partial charge on any atom is 0.187 e. The Morgan fingerprint density at radius 2 is 2.00 bits per heavy atom. The van der Waals surface area contributed by atoms with E-state index in [1.807, 2.05) is 26.8 Å². The summed E-state index contributed by atoms with van der Waals surface area (Å²) in [6.07, 6.45) is 2.53. The number of hydrogen-bond acceptors (Lipinski definition) is 5. The second kappa shape index (κ2) is 8.44. The third-order valence-electron chi connectivity index (χ3n) is 2.06. The molecule has 0 amide bonds. The van der Waals surface area contributed by atoms with Gasteiger partial charge in [0.25, 0.3) is 0 Å². The van der Waals surface area contributed by atoms with Crippen LogP contribution in [0.2, 0.25) is 0 Å². The molecule has 0 saturated heterocycles. The second-order valence-corrected chi connectivity index (χ2v) is 4.52. The molecule has 0 aromatic carbocycles. The quantitative estimate of drug-likeness (QED) is 0.406. The lowest BCUT2D eigenvalue weighted by Crippen LogP contribution is -2.18. The molecule has 0 aliphatic carbocycles. The van der Waals surface area contributed by atoms with E-state index >= 15 is 0 Å². The number of thioether (sulfide) groups is 1. The van der Waals surface area contributed by atoms with Crippen molar-refractivity contribution in [2.45, 2.75) is 38.6 Å². The van der Waals surface area contributed by atoms with Crippen molar-refractivity contribution in [2.75, 3.05) is 19.0 Å². The molecule has 0 N–H and O–H groups in total. The fourth-order valence-corrected chi connectivity index (χ4v) is 2.17. The van der Waals surface area contributed by atoms with Gasteiger partial charge in [0.05, 0.1) is 0 Å². The molecule has 1 aromatic heterocycles. The topological polar surface area (TPSA) is 44.2 Å². The molecule has 0 atom stereocenters. The Morgan fingerprint density at radius 1 is 1.29 bits per heavy atom. The van der Waals surface area contributed by atoms with E-state index in [0.29, 0.717) is 13.2 Å². The number of aryl methyl sites for hydroxylation is 1. The van der Waals surface area contributed by atoms with Gasteiger partial charge in [-0.25, -0.2) is 9.97 Å². The summed E-state index contributed by atoms with van der Waals surface area (Å²) in [6, 6.07) is 1.90. The molecule has 0 spiro atoms. The Labute approximate surface area is 107 Å². The molecule has 0 fully saturated rings. The van der Waals surface area contributed by atoms with Crippen LogP contribution in [0.3, 0.4) is 0 Å². The summed E-state index contributed by atoms with van der Waals surface area (Å²) in [5.74, 6) is 0.897. The zero-order valence-corrected chi connectivity index (χ0v) is 11.5. The molecule has 1 heterocycles. The van der Waals surface area contributed by atoms with Crippen LogP contribution in [-0.2, 0) is 9.47 Å². The highest BCUT2D eigenvalue weighted by Gasteiger charge is 2.08. The number of nitrogens with zero attached hydrogens (tertiary/aromatic N) is 2. The molecule has 0 aliphatic heterocycles. The van der Waals surface area contributed by atoms with Crippen molar-refractivity contribution < 1.29 is 9.47 Å². The van der Waals surface area contributed by atoms with Crippen molar-refractivity contribution in [1.29, 1.82) is 0 Å². The van der Waals surface area contributed by atoms with Gasteiger partial charge in [-0.15, -0.1) is 0 Å². The van der Waals surface area contributed by atoms with Crippen LogP contribution in [-0.4, -0.2) is 35.2 Å². The van der Waals surface area contributed by atoms with Gasteiger partial charge in [-0.2, -0.15) is 0 Å². The summed E-state index contributed by atoms with van der Waals surface area (Å²) in [5.41, 5.74) is 0.994. The van der Waals surface area contributed by atoms with E-state index in [2.05, 4.69) is 9.97 Å². The summed E-state index contributed by atoms with van der Waals surface area (Å²) >= 11 is 1.63. The molecule has 1 rings (SSSR count). The van der Waals surface area contributed by atoms with Gasteiger partial charge in [0.1, 0.15) is 0 Å². The molecule has 0 bridgehead atoms. The van der Waals surface area contributed by atoms with Crippen molar-refractivity contribution in [3.05, 3.63) is 18.0 Å². The van der Waals surface area contributed by atoms with Gasteiger partial charge in [-0.05, 0) is 26.8 Å². The van der Waals surface area contributed by atoms with Gasteiger partial charge in [-0.1, -0.05) is 11.8 Å². The van der Waals surface area contributed by atoms with Gasteiger partial charge in [0.15, 0.2) is 11.4 Å². The minimum Gasteiger partial charge on any atom is -0.353 e. The van der Waals surface area contributed by atoms with Gasteiger partial charge in [0.2, 0.25) is 0 Å². The van der Waals surface area contributed by atoms with E-state index in [9.17, 15) is 0 Å². The molecule has 0 radical (unpaired) electrons. The van der Waals surface area contributed by atoms with Crippen molar-refractivity contribution >= 4 is 11.8 Å². The van der Waals surface area contributed by atoms with Crippen LogP contribution < -0.4 is 0 Å². The number of aromatic nitrogens is 2. The first-order chi connectivity index (χ1) is 8.26. The zero-order chi connectivity index (χ0) is 12.5. The van der Waals surface area contributed by atoms with Crippen molar-refractivity contribution in [1.82, 2.24) is 9.97 Å². The minimum atomic E-state index is -0.109. The predicted octanol–water partition coefficient (Wildman–Crippen LogP) is 2.67. The van der Waals surface area contributed by atoms with Gasteiger partial charge < -0.3 is 9.47 Å². The molecule has 4 nitrogen and oxygen atoms in total. The molecular weight excluding hydrogens is 236 g/mol. The van der Waals surface area contributed by atoms with Crippen LogP contribution in [0.4, 0.5) is 0 Å². The lowest BCUT2D eigenvalue weighted by atomic mass is 10.5. The van der Waals surface area contributed by atoms with Crippen LogP contribution in [0.25, 0.3) is 0 Å². The molecule has 96 valence electrons. The first kappa shape index (κ1) is 14.4. The Bertz CT molecular complexity index is 317. The maximum absolute atomic E-state index is 5.47. The van der Waals surface area contributed by atoms with E-state index in [-0.39, 0.29) is 6.29 Å². The fourth-order valence-electron chi connectivity index (χ4n) is 1.33. The molecular formula is C12H20N2O2S. The number of ether oxygens (including phenoxy) is 2. The predicted molar refractivity (Wildman–Crippen MR) is 69.2 cm³/mol. The largest absolute Gasteiger partial charge is 0.353 e. The molecule has 17 heavy (non-hydrogen) atoms. The lowest BCUT2D eigenvalue weighted by molar-refractivity contribution is -0.136. The van der Waals surface area contributed by atoms with Gasteiger partial charge >= 0.3 is 0 Å². The van der Waals surface area contributed by atoms with Crippen LogP contribution in [0.15, 0.2) is 17.4 Å². The highest BCUT2D eigenvalue weighted by Crippen LogP contribution is 2.15. The standard InChI is InChI=1S/C12H20N2O2S/c1-4-15-11(16-5-2)7-9-17-12-13-8-6-10(3)14-12/h6,8,11H,4-5,7,9H2,1-3H3. The SMILES string of the molecule is CCOC(CCSc1nccc(C)n1)OCC. The molecule has 5 heteroatoms. The molecule has 0 aliphatic rings. The Balaban J connectivity index is 2.30. The highest BCUT2D eigenvalue weighted by atomic mass is 32.2. The normalized spacial score (nSPS) is 11.1. The first-order valence-electron chi connectivity index (χ1n) is 5.92. The summed E-state index contributed by atoms with van der Waals surface area (Å²) in [7, 11) is 0. The van der Waals surface area contributed by atoms with Crippen LogP contribution in [0.1, 0.15) is 26.0 Å². The average Bonchev–Trinajstić information content (AvgIpc) is 2.30. The summed E-state index contributed by atoms with van der Waals surface area (Å²) < 4.78 is 10.9. The number of rotatable bonds is 8. The van der Waals surface area contributed by atoms with E-state index in [4.69, 9.17) is 9.47 Å². The third-order valence-corrected chi connectivity index (χ3v) is 2.96.